The first-order chi connectivity index (χ1) is 13.5. The summed E-state index contributed by atoms with van der Waals surface area (Å²) in [4.78, 5) is 28.6. The van der Waals surface area contributed by atoms with Crippen molar-refractivity contribution < 1.29 is 0 Å². The number of rotatable bonds is 4. The molecule has 0 aliphatic rings. The monoisotopic (exact) mass is 391 g/mol. The Bertz CT molecular complexity index is 1220. The lowest BCUT2D eigenvalue weighted by atomic mass is 10.1. The summed E-state index contributed by atoms with van der Waals surface area (Å²) in [6, 6.07) is 12.7. The number of nitrogens with one attached hydrogen (secondary N) is 2. The van der Waals surface area contributed by atoms with Crippen molar-refractivity contribution in [1.82, 2.24) is 19.9 Å². The van der Waals surface area contributed by atoms with E-state index >= 15 is 0 Å². The molecule has 2 N–H and O–H groups in total. The molecule has 0 fully saturated rings. The summed E-state index contributed by atoms with van der Waals surface area (Å²) in [6.45, 7) is 3.83. The predicted octanol–water partition coefficient (Wildman–Crippen LogP) is 4.52. The van der Waals surface area contributed by atoms with E-state index in [1.165, 1.54) is 0 Å². The van der Waals surface area contributed by atoms with Crippen molar-refractivity contribution in [3.63, 3.8) is 0 Å². The van der Waals surface area contributed by atoms with Crippen molar-refractivity contribution in [2.45, 2.75) is 19.9 Å². The first-order valence-electron chi connectivity index (χ1n) is 8.86. The Morgan fingerprint density at radius 1 is 1.11 bits per heavy atom. The topological polar surface area (TPSA) is 83.6 Å². The minimum Gasteiger partial charge on any atom is -0.347 e. The predicted molar refractivity (Wildman–Crippen MR) is 112 cm³/mol. The fourth-order valence-corrected chi connectivity index (χ4v) is 3.37. The molecule has 0 aliphatic heterocycles. The molecule has 28 heavy (non-hydrogen) atoms. The largest absolute Gasteiger partial charge is 0.347 e. The Morgan fingerprint density at radius 2 is 1.96 bits per heavy atom. The van der Waals surface area contributed by atoms with Crippen molar-refractivity contribution in [3.05, 3.63) is 81.5 Å². The van der Waals surface area contributed by atoms with E-state index in [2.05, 4.69) is 25.3 Å². The number of fused-ring (bicyclic) bond motifs is 1. The number of para-hydroxylation sites is 1. The van der Waals surface area contributed by atoms with Gasteiger partial charge < -0.3 is 10.3 Å². The molecule has 1 atom stereocenters. The summed E-state index contributed by atoms with van der Waals surface area (Å²) in [5.74, 6) is 0.443. The van der Waals surface area contributed by atoms with Crippen LogP contribution in [0.5, 0.6) is 0 Å². The third kappa shape index (κ3) is 3.46. The third-order valence-electron chi connectivity index (χ3n) is 4.61. The van der Waals surface area contributed by atoms with Gasteiger partial charge in [-0.1, -0.05) is 23.7 Å². The van der Waals surface area contributed by atoms with Crippen LogP contribution < -0.4 is 10.9 Å². The SMILES string of the molecule is Cc1ncccc1-c1ccnc(N[C@@H](C)c2cc3cccc(Cl)c3[nH]c2=O)n1. The van der Waals surface area contributed by atoms with E-state index in [1.54, 1.807) is 18.5 Å². The Labute approximate surface area is 166 Å². The molecule has 3 heterocycles. The molecule has 140 valence electrons. The molecule has 4 aromatic rings. The van der Waals surface area contributed by atoms with Gasteiger partial charge >= 0.3 is 0 Å². The molecule has 4 rings (SSSR count). The minimum atomic E-state index is -0.294. The number of halogens is 1. The van der Waals surface area contributed by atoms with Crippen molar-refractivity contribution in [2.75, 3.05) is 5.32 Å². The smallest absolute Gasteiger partial charge is 0.253 e. The molecular formula is C21H18ClN5O. The molecule has 3 aromatic heterocycles. The maximum Gasteiger partial charge on any atom is 0.253 e. The second-order valence-corrected chi connectivity index (χ2v) is 6.93. The molecule has 0 saturated heterocycles. The first-order valence-corrected chi connectivity index (χ1v) is 9.24. The van der Waals surface area contributed by atoms with Crippen LogP contribution in [0.25, 0.3) is 22.2 Å². The number of aromatic amines is 1. The summed E-state index contributed by atoms with van der Waals surface area (Å²) in [5, 5.41) is 4.60. The zero-order chi connectivity index (χ0) is 19.7. The fourth-order valence-electron chi connectivity index (χ4n) is 3.14. The highest BCUT2D eigenvalue weighted by atomic mass is 35.5. The van der Waals surface area contributed by atoms with Crippen LogP contribution in [0.15, 0.2) is 59.7 Å². The van der Waals surface area contributed by atoms with E-state index < -0.39 is 0 Å². The zero-order valence-electron chi connectivity index (χ0n) is 15.4. The van der Waals surface area contributed by atoms with Crippen LogP contribution >= 0.6 is 11.6 Å². The van der Waals surface area contributed by atoms with Crippen LogP contribution in [0.1, 0.15) is 24.2 Å². The summed E-state index contributed by atoms with van der Waals surface area (Å²) in [6.07, 6.45) is 3.44. The quantitative estimate of drug-likeness (QED) is 0.534. The molecule has 0 radical (unpaired) electrons. The Kier molecular flexibility index (Phi) is 4.79. The number of hydrogen-bond acceptors (Lipinski definition) is 5. The van der Waals surface area contributed by atoms with E-state index in [1.807, 2.05) is 50.2 Å². The lowest BCUT2D eigenvalue weighted by molar-refractivity contribution is 0.845. The van der Waals surface area contributed by atoms with Crippen LogP contribution in [0.2, 0.25) is 5.02 Å². The van der Waals surface area contributed by atoms with E-state index in [0.717, 1.165) is 22.3 Å². The van der Waals surface area contributed by atoms with Crippen molar-refractivity contribution in [3.8, 4) is 11.3 Å². The third-order valence-corrected chi connectivity index (χ3v) is 4.92. The molecule has 0 saturated carbocycles. The highest BCUT2D eigenvalue weighted by molar-refractivity contribution is 6.35. The van der Waals surface area contributed by atoms with E-state index in [4.69, 9.17) is 11.6 Å². The molecule has 7 heteroatoms. The van der Waals surface area contributed by atoms with Gasteiger partial charge in [0.25, 0.3) is 5.56 Å². The van der Waals surface area contributed by atoms with Crippen LogP contribution in [-0.4, -0.2) is 19.9 Å². The lowest BCUT2D eigenvalue weighted by Crippen LogP contribution is -2.20. The lowest BCUT2D eigenvalue weighted by Gasteiger charge is -2.15. The molecule has 6 nitrogen and oxygen atoms in total. The molecule has 0 amide bonds. The van der Waals surface area contributed by atoms with Gasteiger partial charge in [-0.25, -0.2) is 9.97 Å². The maximum atomic E-state index is 12.5. The van der Waals surface area contributed by atoms with Gasteiger partial charge in [0, 0.05) is 34.6 Å². The van der Waals surface area contributed by atoms with Crippen molar-refractivity contribution in [1.29, 1.82) is 0 Å². The number of pyridine rings is 2. The summed E-state index contributed by atoms with van der Waals surface area (Å²) >= 11 is 6.17. The first kappa shape index (κ1) is 18.1. The number of nitrogens with zero attached hydrogens (tertiary/aromatic N) is 3. The molecular weight excluding hydrogens is 374 g/mol. The summed E-state index contributed by atoms with van der Waals surface area (Å²) in [7, 11) is 0. The highest BCUT2D eigenvalue weighted by Crippen LogP contribution is 2.24. The van der Waals surface area contributed by atoms with Crippen LogP contribution in [0, 0.1) is 6.92 Å². The molecule has 0 aliphatic carbocycles. The minimum absolute atomic E-state index is 0.195. The van der Waals surface area contributed by atoms with E-state index in [9.17, 15) is 4.79 Å². The van der Waals surface area contributed by atoms with Crippen molar-refractivity contribution >= 4 is 28.5 Å². The molecule has 0 spiro atoms. The Morgan fingerprint density at radius 3 is 2.79 bits per heavy atom. The van der Waals surface area contributed by atoms with Crippen LogP contribution in [-0.2, 0) is 0 Å². The molecule has 1 aromatic carbocycles. The Balaban J connectivity index is 1.66. The van der Waals surface area contributed by atoms with Gasteiger partial charge in [0.05, 0.1) is 22.3 Å². The van der Waals surface area contributed by atoms with Gasteiger partial charge in [-0.05, 0) is 44.2 Å². The van der Waals surface area contributed by atoms with Gasteiger partial charge in [0.15, 0.2) is 0 Å². The highest BCUT2D eigenvalue weighted by Gasteiger charge is 2.14. The fraction of sp³-hybridized carbons (Fsp3) is 0.143. The second-order valence-electron chi connectivity index (χ2n) is 6.53. The average molecular weight is 392 g/mol. The second kappa shape index (κ2) is 7.40. The average Bonchev–Trinajstić information content (AvgIpc) is 2.69. The van der Waals surface area contributed by atoms with Gasteiger partial charge in [0.1, 0.15) is 0 Å². The number of anilines is 1. The number of hydrogen-bond donors (Lipinski definition) is 2. The number of aromatic nitrogens is 4. The molecule has 0 bridgehead atoms. The van der Waals surface area contributed by atoms with E-state index in [-0.39, 0.29) is 11.6 Å². The van der Waals surface area contributed by atoms with Gasteiger partial charge in [-0.3, -0.25) is 9.78 Å². The standard InChI is InChI=1S/C21H18ClN5O/c1-12-15(6-4-9-23-12)18-8-10-24-21(26-18)25-13(2)16-11-14-5-3-7-17(22)19(14)27-20(16)28/h3-11,13H,1-2H3,(H,27,28)(H,24,25,26)/t13-/m0/s1. The summed E-state index contributed by atoms with van der Waals surface area (Å²) < 4.78 is 0. The van der Waals surface area contributed by atoms with Gasteiger partial charge in [-0.2, -0.15) is 0 Å². The molecule has 0 unspecified atom stereocenters. The summed E-state index contributed by atoms with van der Waals surface area (Å²) in [5.41, 5.74) is 3.63. The van der Waals surface area contributed by atoms with Crippen LogP contribution in [0.3, 0.4) is 0 Å². The maximum absolute atomic E-state index is 12.5. The number of aryl methyl sites for hydroxylation is 1. The van der Waals surface area contributed by atoms with Gasteiger partial charge in [-0.15, -0.1) is 0 Å². The van der Waals surface area contributed by atoms with E-state index in [0.29, 0.717) is 22.1 Å². The zero-order valence-corrected chi connectivity index (χ0v) is 16.2. The number of benzene rings is 1. The van der Waals surface area contributed by atoms with Crippen molar-refractivity contribution in [2.24, 2.45) is 0 Å². The Hall–Kier alpha value is -3.25. The normalized spacial score (nSPS) is 12.1. The number of H-pyrrole nitrogens is 1. The van der Waals surface area contributed by atoms with Crippen LogP contribution in [0.4, 0.5) is 5.95 Å². The van der Waals surface area contributed by atoms with Gasteiger partial charge in [0.2, 0.25) is 5.95 Å².